The predicted octanol–water partition coefficient (Wildman–Crippen LogP) is 9.91. The summed E-state index contributed by atoms with van der Waals surface area (Å²) in [5, 5.41) is 4.70. The van der Waals surface area contributed by atoms with Crippen LogP contribution < -0.4 is 0 Å². The van der Waals surface area contributed by atoms with Crippen LogP contribution in [-0.4, -0.2) is 24.1 Å². The second-order valence-corrected chi connectivity index (χ2v) is 11.4. The van der Waals surface area contributed by atoms with Gasteiger partial charge in [-0.15, -0.1) is 0 Å². The van der Waals surface area contributed by atoms with E-state index in [1.54, 1.807) is 0 Å². The number of nitrogens with zero attached hydrogens (tertiary/aromatic N) is 5. The first-order valence-corrected chi connectivity index (χ1v) is 15.4. The van der Waals surface area contributed by atoms with E-state index in [1.165, 1.54) is 27.2 Å². The Kier molecular flexibility index (Phi) is 6.06. The molecule has 0 saturated carbocycles. The normalized spacial score (nSPS) is 11.5. The van der Waals surface area contributed by atoms with E-state index in [2.05, 4.69) is 113 Å². The molecule has 0 fully saturated rings. The minimum Gasteiger partial charge on any atom is -0.316 e. The van der Waals surface area contributed by atoms with Crippen molar-refractivity contribution in [1.29, 1.82) is 0 Å². The summed E-state index contributed by atoms with van der Waals surface area (Å²) in [6.07, 6.45) is 4.36. The van der Waals surface area contributed by atoms with Gasteiger partial charge in [-0.05, 0) is 47.9 Å². The SMILES string of the molecule is c1ccc(-c2nc(-c3ccccc3)nc(-c3ccc4c(c3)c3ccn(-c5ccccc5)c3c3ccn(-c5ccccc5)c43)n2)cc1. The molecule has 3 aromatic heterocycles. The van der Waals surface area contributed by atoms with Gasteiger partial charge in [0.1, 0.15) is 0 Å². The Labute approximate surface area is 265 Å². The summed E-state index contributed by atoms with van der Waals surface area (Å²) >= 11 is 0. The lowest BCUT2D eigenvalue weighted by atomic mass is 9.99. The third kappa shape index (κ3) is 4.29. The molecule has 0 aliphatic rings. The Hall–Kier alpha value is -6.33. The molecule has 46 heavy (non-hydrogen) atoms. The minimum atomic E-state index is 0.642. The molecule has 216 valence electrons. The first kappa shape index (κ1) is 26.1. The highest BCUT2D eigenvalue weighted by atomic mass is 15.0. The Morgan fingerprint density at radius 1 is 0.326 bits per heavy atom. The highest BCUT2D eigenvalue weighted by molar-refractivity contribution is 6.25. The fraction of sp³-hybridized carbons (Fsp3) is 0. The van der Waals surface area contributed by atoms with E-state index in [9.17, 15) is 0 Å². The topological polar surface area (TPSA) is 48.5 Å². The molecule has 9 rings (SSSR count). The lowest BCUT2D eigenvalue weighted by molar-refractivity contribution is 1.07. The van der Waals surface area contributed by atoms with Crippen molar-refractivity contribution < 1.29 is 0 Å². The van der Waals surface area contributed by atoms with E-state index < -0.39 is 0 Å². The lowest BCUT2D eigenvalue weighted by Gasteiger charge is -2.13. The van der Waals surface area contributed by atoms with Crippen LogP contribution in [0, 0.1) is 0 Å². The van der Waals surface area contributed by atoms with E-state index in [1.807, 2.05) is 60.7 Å². The molecule has 0 unspecified atom stereocenters. The summed E-state index contributed by atoms with van der Waals surface area (Å²) in [6.45, 7) is 0. The zero-order chi connectivity index (χ0) is 30.5. The van der Waals surface area contributed by atoms with Crippen LogP contribution in [0.15, 0.2) is 164 Å². The van der Waals surface area contributed by atoms with Crippen LogP contribution in [0.4, 0.5) is 0 Å². The molecule has 5 nitrogen and oxygen atoms in total. The van der Waals surface area contributed by atoms with Crippen molar-refractivity contribution >= 4 is 32.6 Å². The number of hydrogen-bond acceptors (Lipinski definition) is 3. The van der Waals surface area contributed by atoms with Crippen molar-refractivity contribution in [1.82, 2.24) is 24.1 Å². The van der Waals surface area contributed by atoms with Crippen molar-refractivity contribution in [3.8, 4) is 45.5 Å². The zero-order valence-corrected chi connectivity index (χ0v) is 24.8. The fourth-order valence-electron chi connectivity index (χ4n) is 6.48. The van der Waals surface area contributed by atoms with Crippen molar-refractivity contribution in [2.75, 3.05) is 0 Å². The van der Waals surface area contributed by atoms with Gasteiger partial charge in [-0.2, -0.15) is 0 Å². The third-order valence-corrected chi connectivity index (χ3v) is 8.62. The van der Waals surface area contributed by atoms with Crippen LogP contribution in [0.5, 0.6) is 0 Å². The van der Waals surface area contributed by atoms with Crippen LogP contribution >= 0.6 is 0 Å². The maximum absolute atomic E-state index is 5.02. The van der Waals surface area contributed by atoms with Gasteiger partial charge >= 0.3 is 0 Å². The van der Waals surface area contributed by atoms with Crippen LogP contribution in [0.25, 0.3) is 78.1 Å². The summed E-state index contributed by atoms with van der Waals surface area (Å²) in [5.41, 5.74) is 7.43. The Bertz CT molecular complexity index is 2440. The van der Waals surface area contributed by atoms with Crippen molar-refractivity contribution in [3.63, 3.8) is 0 Å². The average molecular weight is 590 g/mol. The van der Waals surface area contributed by atoms with Gasteiger partial charge in [-0.1, -0.05) is 109 Å². The van der Waals surface area contributed by atoms with Crippen LogP contribution in [-0.2, 0) is 0 Å². The molecule has 0 spiro atoms. The van der Waals surface area contributed by atoms with Gasteiger partial charge in [-0.3, -0.25) is 0 Å². The maximum atomic E-state index is 5.02. The molecule has 0 atom stereocenters. The molecule has 0 aliphatic heterocycles. The van der Waals surface area contributed by atoms with Gasteiger partial charge < -0.3 is 9.13 Å². The molecule has 0 aliphatic carbocycles. The molecule has 5 heteroatoms. The summed E-state index contributed by atoms with van der Waals surface area (Å²) in [7, 11) is 0. The minimum absolute atomic E-state index is 0.642. The Morgan fingerprint density at radius 2 is 0.739 bits per heavy atom. The number of benzene rings is 6. The van der Waals surface area contributed by atoms with Crippen molar-refractivity contribution in [3.05, 3.63) is 164 Å². The molecule has 0 N–H and O–H groups in total. The fourth-order valence-corrected chi connectivity index (χ4v) is 6.48. The molecule has 0 saturated heterocycles. The number of fused-ring (bicyclic) bond motifs is 6. The standard InChI is InChI=1S/C41H27N5/c1-5-13-28(14-6-1)39-42-40(29-15-7-2-8-16-29)44-41(43-39)30-21-22-33-36(27-30)34-23-25-45(31-17-9-3-10-18-31)38(34)35-24-26-46(37(33)35)32-19-11-4-12-20-32/h1-27H. The second-order valence-electron chi connectivity index (χ2n) is 11.4. The highest BCUT2D eigenvalue weighted by Gasteiger charge is 2.19. The average Bonchev–Trinajstić information content (AvgIpc) is 3.79. The number of aromatic nitrogens is 5. The van der Waals surface area contributed by atoms with Gasteiger partial charge in [0.05, 0.1) is 11.0 Å². The molecule has 0 bridgehead atoms. The molecule has 3 heterocycles. The van der Waals surface area contributed by atoms with Gasteiger partial charge in [0.2, 0.25) is 0 Å². The third-order valence-electron chi connectivity index (χ3n) is 8.62. The van der Waals surface area contributed by atoms with Crippen LogP contribution in [0.1, 0.15) is 0 Å². The molecule has 9 aromatic rings. The molecule has 0 radical (unpaired) electrons. The van der Waals surface area contributed by atoms with E-state index in [-0.39, 0.29) is 0 Å². The predicted molar refractivity (Wildman–Crippen MR) is 187 cm³/mol. The van der Waals surface area contributed by atoms with Gasteiger partial charge in [0.25, 0.3) is 0 Å². The first-order valence-electron chi connectivity index (χ1n) is 15.4. The number of rotatable bonds is 5. The van der Waals surface area contributed by atoms with Crippen molar-refractivity contribution in [2.24, 2.45) is 0 Å². The van der Waals surface area contributed by atoms with E-state index in [4.69, 9.17) is 15.0 Å². The monoisotopic (exact) mass is 589 g/mol. The zero-order valence-electron chi connectivity index (χ0n) is 24.8. The van der Waals surface area contributed by atoms with Gasteiger partial charge in [0, 0.05) is 56.6 Å². The second kappa shape index (κ2) is 10.7. The number of para-hydroxylation sites is 2. The van der Waals surface area contributed by atoms with Gasteiger partial charge in [0.15, 0.2) is 17.5 Å². The number of hydrogen-bond donors (Lipinski definition) is 0. The first-order chi connectivity index (χ1) is 22.8. The molecular formula is C41H27N5. The van der Waals surface area contributed by atoms with Crippen molar-refractivity contribution in [2.45, 2.75) is 0 Å². The van der Waals surface area contributed by atoms with Gasteiger partial charge in [-0.25, -0.2) is 15.0 Å². The van der Waals surface area contributed by atoms with E-state index in [0.717, 1.165) is 33.5 Å². The highest BCUT2D eigenvalue weighted by Crippen LogP contribution is 2.40. The maximum Gasteiger partial charge on any atom is 0.164 e. The largest absolute Gasteiger partial charge is 0.316 e. The summed E-state index contributed by atoms with van der Waals surface area (Å²) in [6, 6.07) is 52.4. The Balaban J connectivity index is 1.34. The molecule has 0 amide bonds. The molecule has 6 aromatic carbocycles. The van der Waals surface area contributed by atoms with E-state index in [0.29, 0.717) is 17.5 Å². The van der Waals surface area contributed by atoms with Crippen LogP contribution in [0.2, 0.25) is 0 Å². The Morgan fingerprint density at radius 3 is 1.24 bits per heavy atom. The van der Waals surface area contributed by atoms with E-state index >= 15 is 0 Å². The smallest absolute Gasteiger partial charge is 0.164 e. The lowest BCUT2D eigenvalue weighted by Crippen LogP contribution is -2.00. The summed E-state index contributed by atoms with van der Waals surface area (Å²) in [4.78, 5) is 14.9. The summed E-state index contributed by atoms with van der Waals surface area (Å²) in [5.74, 6) is 1.94. The molecular weight excluding hydrogens is 562 g/mol. The quantitative estimate of drug-likeness (QED) is 0.201. The van der Waals surface area contributed by atoms with Crippen LogP contribution in [0.3, 0.4) is 0 Å². The summed E-state index contributed by atoms with van der Waals surface area (Å²) < 4.78 is 4.59.